The average Bonchev–Trinajstić information content (AvgIpc) is 2.87. The molecule has 2 N–H and O–H groups in total. The molecule has 2 amide bonds. The summed E-state index contributed by atoms with van der Waals surface area (Å²) in [5, 5.41) is 13.8. The molecule has 0 saturated heterocycles. The van der Waals surface area contributed by atoms with Crippen molar-refractivity contribution >= 4 is 18.3 Å². The quantitative estimate of drug-likeness (QED) is 0.291. The van der Waals surface area contributed by atoms with Crippen LogP contribution in [0, 0.1) is 5.92 Å². The van der Waals surface area contributed by atoms with Gasteiger partial charge in [-0.3, -0.25) is 14.4 Å². The molecule has 1 unspecified atom stereocenters. The molecular formula is C28H30N2O5. The molecule has 0 aromatic heterocycles. The highest BCUT2D eigenvalue weighted by Gasteiger charge is 2.37. The van der Waals surface area contributed by atoms with Crippen LogP contribution in [0.15, 0.2) is 91.0 Å². The molecule has 0 heterocycles. The standard InChI is InChI=1S/C28H30N2O5/c1-28(27(33)34,18-23-13-7-3-8-14-23)29-26(32)25(17-22-11-5-2-6-12-22)19-30(21-31)35-20-24-15-9-4-10-16-24/h2-16,21,25H,17-20H2,1H3,(H,29,32)(H,33,34)/t25?,28-/m0/s1. The lowest BCUT2D eigenvalue weighted by atomic mass is 9.90. The van der Waals surface area contributed by atoms with Gasteiger partial charge in [-0.2, -0.15) is 0 Å². The molecular weight excluding hydrogens is 444 g/mol. The lowest BCUT2D eigenvalue weighted by molar-refractivity contribution is -0.182. The van der Waals surface area contributed by atoms with Gasteiger partial charge in [0.25, 0.3) is 0 Å². The van der Waals surface area contributed by atoms with Crippen LogP contribution in [0.1, 0.15) is 23.6 Å². The number of aliphatic carboxylic acids is 1. The van der Waals surface area contributed by atoms with Gasteiger partial charge in [-0.05, 0) is 30.0 Å². The third kappa shape index (κ3) is 7.79. The summed E-state index contributed by atoms with van der Waals surface area (Å²) in [5.74, 6) is -2.33. The van der Waals surface area contributed by atoms with E-state index in [1.165, 1.54) is 6.92 Å². The molecule has 3 aromatic carbocycles. The highest BCUT2D eigenvalue weighted by molar-refractivity contribution is 5.88. The number of hydrogen-bond donors (Lipinski definition) is 2. The van der Waals surface area contributed by atoms with E-state index in [-0.39, 0.29) is 19.6 Å². The summed E-state index contributed by atoms with van der Waals surface area (Å²) in [4.78, 5) is 43.0. The van der Waals surface area contributed by atoms with Gasteiger partial charge in [0.05, 0.1) is 12.5 Å². The lowest BCUT2D eigenvalue weighted by Crippen LogP contribution is -2.56. The van der Waals surface area contributed by atoms with E-state index in [9.17, 15) is 19.5 Å². The molecule has 3 rings (SSSR count). The summed E-state index contributed by atoms with van der Waals surface area (Å²) in [6, 6.07) is 27.9. The topological polar surface area (TPSA) is 95.9 Å². The molecule has 182 valence electrons. The van der Waals surface area contributed by atoms with E-state index < -0.39 is 23.3 Å². The van der Waals surface area contributed by atoms with Crippen molar-refractivity contribution in [1.29, 1.82) is 0 Å². The molecule has 0 aliphatic rings. The number of rotatable bonds is 13. The van der Waals surface area contributed by atoms with E-state index >= 15 is 0 Å². The van der Waals surface area contributed by atoms with E-state index in [0.717, 1.165) is 21.8 Å². The Labute approximate surface area is 205 Å². The zero-order valence-electron chi connectivity index (χ0n) is 19.7. The van der Waals surface area contributed by atoms with Crippen molar-refractivity contribution in [1.82, 2.24) is 10.4 Å². The zero-order valence-corrected chi connectivity index (χ0v) is 19.7. The third-order valence-corrected chi connectivity index (χ3v) is 5.73. The van der Waals surface area contributed by atoms with E-state index in [0.29, 0.717) is 12.8 Å². The minimum absolute atomic E-state index is 0.0297. The highest BCUT2D eigenvalue weighted by Crippen LogP contribution is 2.18. The lowest BCUT2D eigenvalue weighted by Gasteiger charge is -2.30. The van der Waals surface area contributed by atoms with Crippen molar-refractivity contribution in [3.05, 3.63) is 108 Å². The first-order valence-corrected chi connectivity index (χ1v) is 11.4. The van der Waals surface area contributed by atoms with Crippen LogP contribution in [0.25, 0.3) is 0 Å². The van der Waals surface area contributed by atoms with Gasteiger partial charge in [-0.15, -0.1) is 0 Å². The monoisotopic (exact) mass is 474 g/mol. The number of nitrogens with one attached hydrogen (secondary N) is 1. The summed E-state index contributed by atoms with van der Waals surface area (Å²) in [7, 11) is 0. The molecule has 0 fully saturated rings. The van der Waals surface area contributed by atoms with Crippen molar-refractivity contribution in [3.63, 3.8) is 0 Å². The van der Waals surface area contributed by atoms with Crippen LogP contribution in [0.3, 0.4) is 0 Å². The Balaban J connectivity index is 1.76. The van der Waals surface area contributed by atoms with Gasteiger partial charge < -0.3 is 10.4 Å². The Morgan fingerprint density at radius 2 is 1.43 bits per heavy atom. The van der Waals surface area contributed by atoms with Crippen LogP contribution < -0.4 is 5.32 Å². The number of nitrogens with zero attached hydrogens (tertiary/aromatic N) is 1. The van der Waals surface area contributed by atoms with Crippen molar-refractivity contribution in [3.8, 4) is 0 Å². The largest absolute Gasteiger partial charge is 0.480 e. The number of carbonyl (C=O) groups excluding carboxylic acids is 2. The van der Waals surface area contributed by atoms with Gasteiger partial charge in [0.2, 0.25) is 12.3 Å². The molecule has 0 aliphatic carbocycles. The predicted octanol–water partition coefficient (Wildman–Crippen LogP) is 3.64. The summed E-state index contributed by atoms with van der Waals surface area (Å²) in [5.41, 5.74) is 1.04. The van der Waals surface area contributed by atoms with E-state index in [1.807, 2.05) is 91.0 Å². The Morgan fingerprint density at radius 1 is 0.914 bits per heavy atom. The normalized spacial score (nSPS) is 13.3. The van der Waals surface area contributed by atoms with Crippen molar-refractivity contribution in [2.45, 2.75) is 31.9 Å². The maximum atomic E-state index is 13.4. The molecule has 0 spiro atoms. The van der Waals surface area contributed by atoms with Gasteiger partial charge in [-0.25, -0.2) is 9.86 Å². The number of carbonyl (C=O) groups is 3. The third-order valence-electron chi connectivity index (χ3n) is 5.73. The Morgan fingerprint density at radius 3 is 1.94 bits per heavy atom. The van der Waals surface area contributed by atoms with E-state index in [1.54, 1.807) is 0 Å². The minimum Gasteiger partial charge on any atom is -0.480 e. The second-order valence-corrected chi connectivity index (χ2v) is 8.64. The SMILES string of the molecule is C[C@@](Cc1ccccc1)(NC(=O)C(Cc1ccccc1)CN(C=O)OCc1ccccc1)C(=O)O. The fourth-order valence-corrected chi connectivity index (χ4v) is 3.77. The van der Waals surface area contributed by atoms with Crippen LogP contribution in [0.5, 0.6) is 0 Å². The van der Waals surface area contributed by atoms with Gasteiger partial charge in [0.15, 0.2) is 0 Å². The Kier molecular flexibility index (Phi) is 9.15. The molecule has 0 bridgehead atoms. The molecule has 0 saturated carbocycles. The number of carboxylic acid groups (broad SMARTS) is 1. The minimum atomic E-state index is -1.52. The number of hydrogen-bond acceptors (Lipinski definition) is 4. The molecule has 3 aromatic rings. The molecule has 0 aliphatic heterocycles. The maximum absolute atomic E-state index is 13.4. The molecule has 35 heavy (non-hydrogen) atoms. The van der Waals surface area contributed by atoms with Crippen molar-refractivity contribution in [2.75, 3.05) is 6.54 Å². The first kappa shape index (κ1) is 25.6. The zero-order chi connectivity index (χ0) is 25.1. The van der Waals surface area contributed by atoms with Crippen LogP contribution in [-0.2, 0) is 38.7 Å². The Hall–Kier alpha value is -3.97. The van der Waals surface area contributed by atoms with Crippen molar-refractivity contribution in [2.24, 2.45) is 5.92 Å². The van der Waals surface area contributed by atoms with Crippen LogP contribution >= 0.6 is 0 Å². The Bertz CT molecular complexity index is 1090. The summed E-state index contributed by atoms with van der Waals surface area (Å²) >= 11 is 0. The van der Waals surface area contributed by atoms with Gasteiger partial charge >= 0.3 is 5.97 Å². The highest BCUT2D eigenvalue weighted by atomic mass is 16.7. The smallest absolute Gasteiger partial charge is 0.329 e. The van der Waals surface area contributed by atoms with E-state index in [4.69, 9.17) is 4.84 Å². The second kappa shape index (κ2) is 12.5. The molecule has 7 heteroatoms. The fraction of sp³-hybridized carbons (Fsp3) is 0.250. The van der Waals surface area contributed by atoms with E-state index in [2.05, 4.69) is 5.32 Å². The van der Waals surface area contributed by atoms with Crippen LogP contribution in [-0.4, -0.2) is 40.5 Å². The van der Waals surface area contributed by atoms with Crippen molar-refractivity contribution < 1.29 is 24.3 Å². The fourth-order valence-electron chi connectivity index (χ4n) is 3.77. The number of hydroxylamine groups is 2. The summed E-state index contributed by atoms with van der Waals surface area (Å²) < 4.78 is 0. The second-order valence-electron chi connectivity index (χ2n) is 8.64. The van der Waals surface area contributed by atoms with Crippen LogP contribution in [0.2, 0.25) is 0 Å². The number of carboxylic acids is 1. The van der Waals surface area contributed by atoms with Crippen LogP contribution in [0.4, 0.5) is 0 Å². The molecule has 2 atom stereocenters. The number of amides is 2. The predicted molar refractivity (Wildman–Crippen MR) is 132 cm³/mol. The first-order valence-electron chi connectivity index (χ1n) is 11.4. The summed E-state index contributed by atoms with van der Waals surface area (Å²) in [6.45, 7) is 1.63. The average molecular weight is 475 g/mol. The van der Waals surface area contributed by atoms with Gasteiger partial charge in [-0.1, -0.05) is 91.0 Å². The molecule has 0 radical (unpaired) electrons. The summed E-state index contributed by atoms with van der Waals surface area (Å²) in [6.07, 6.45) is 0.968. The molecule has 7 nitrogen and oxygen atoms in total. The van der Waals surface area contributed by atoms with Gasteiger partial charge in [0, 0.05) is 6.42 Å². The number of benzene rings is 3. The first-order chi connectivity index (χ1) is 16.9. The maximum Gasteiger partial charge on any atom is 0.329 e. The van der Waals surface area contributed by atoms with Gasteiger partial charge in [0.1, 0.15) is 12.1 Å².